The van der Waals surface area contributed by atoms with Crippen molar-refractivity contribution in [3.05, 3.63) is 58.4 Å². The van der Waals surface area contributed by atoms with Crippen molar-refractivity contribution in [2.75, 3.05) is 26.8 Å². The maximum Gasteiger partial charge on any atom is 0.331 e. The second-order valence-electron chi connectivity index (χ2n) is 7.55. The van der Waals surface area contributed by atoms with Crippen LogP contribution in [0.5, 0.6) is 0 Å². The fourth-order valence-electron chi connectivity index (χ4n) is 3.57. The third kappa shape index (κ3) is 5.97. The van der Waals surface area contributed by atoms with Gasteiger partial charge in [0.2, 0.25) is 0 Å². The number of halogens is 1. The van der Waals surface area contributed by atoms with Gasteiger partial charge in [0.25, 0.3) is 5.91 Å². The molecule has 1 aliphatic heterocycles. The highest BCUT2D eigenvalue weighted by molar-refractivity contribution is 6.31. The first-order valence-corrected chi connectivity index (χ1v) is 10.7. The quantitative estimate of drug-likeness (QED) is 0.467. The predicted octanol–water partition coefficient (Wildman–Crippen LogP) is 2.86. The van der Waals surface area contributed by atoms with Gasteiger partial charge in [0, 0.05) is 24.7 Å². The van der Waals surface area contributed by atoms with E-state index in [0.717, 1.165) is 5.56 Å². The lowest BCUT2D eigenvalue weighted by molar-refractivity contribution is -0.151. The van der Waals surface area contributed by atoms with Gasteiger partial charge in [0.05, 0.1) is 25.3 Å². The Morgan fingerprint density at radius 3 is 2.53 bits per heavy atom. The number of nitrogens with zero attached hydrogens (tertiary/aromatic N) is 3. The minimum absolute atomic E-state index is 0.190. The van der Waals surface area contributed by atoms with Crippen molar-refractivity contribution >= 4 is 35.5 Å². The highest BCUT2D eigenvalue weighted by Gasteiger charge is 2.28. The zero-order valence-electron chi connectivity index (χ0n) is 18.1. The molecule has 1 fully saturated rings. The lowest BCUT2D eigenvalue weighted by atomic mass is 9.97. The number of esters is 2. The van der Waals surface area contributed by atoms with Crippen LogP contribution in [0.15, 0.2) is 36.4 Å². The SMILES string of the molecule is COC(=O)C1CCN(C(=O)COC(=O)/C=C/c2c(C)nn(Cc3ccccc3)c2Cl)CC1. The van der Waals surface area contributed by atoms with Gasteiger partial charge in [-0.15, -0.1) is 0 Å². The third-order valence-corrected chi connectivity index (χ3v) is 5.79. The summed E-state index contributed by atoms with van der Waals surface area (Å²) in [6.45, 7) is 2.83. The largest absolute Gasteiger partial charge is 0.469 e. The van der Waals surface area contributed by atoms with Crippen molar-refractivity contribution in [1.29, 1.82) is 0 Å². The molecule has 0 bridgehead atoms. The average molecular weight is 460 g/mol. The summed E-state index contributed by atoms with van der Waals surface area (Å²) in [6.07, 6.45) is 3.86. The summed E-state index contributed by atoms with van der Waals surface area (Å²) < 4.78 is 11.5. The van der Waals surface area contributed by atoms with Gasteiger partial charge in [-0.1, -0.05) is 41.9 Å². The molecular formula is C23H26ClN3O5. The molecule has 2 heterocycles. The van der Waals surface area contributed by atoms with Gasteiger partial charge < -0.3 is 14.4 Å². The van der Waals surface area contributed by atoms with E-state index in [4.69, 9.17) is 21.1 Å². The minimum Gasteiger partial charge on any atom is -0.469 e. The monoisotopic (exact) mass is 459 g/mol. The molecule has 1 aliphatic rings. The molecule has 0 aliphatic carbocycles. The molecule has 0 N–H and O–H groups in total. The molecule has 8 nitrogen and oxygen atoms in total. The number of rotatable bonds is 7. The molecule has 170 valence electrons. The zero-order chi connectivity index (χ0) is 23.1. The van der Waals surface area contributed by atoms with Crippen LogP contribution in [0.4, 0.5) is 0 Å². The van der Waals surface area contributed by atoms with Gasteiger partial charge in [0.1, 0.15) is 5.15 Å². The molecule has 9 heteroatoms. The highest BCUT2D eigenvalue weighted by atomic mass is 35.5. The summed E-state index contributed by atoms with van der Waals surface area (Å²) in [7, 11) is 1.36. The van der Waals surface area contributed by atoms with Gasteiger partial charge in [-0.2, -0.15) is 5.10 Å². The van der Waals surface area contributed by atoms with Crippen LogP contribution in [0.1, 0.15) is 29.7 Å². The van der Waals surface area contributed by atoms with E-state index < -0.39 is 5.97 Å². The summed E-state index contributed by atoms with van der Waals surface area (Å²) in [5.74, 6) is -1.38. The summed E-state index contributed by atoms with van der Waals surface area (Å²) >= 11 is 6.44. The zero-order valence-corrected chi connectivity index (χ0v) is 18.9. The Kier molecular flexibility index (Phi) is 8.05. The Morgan fingerprint density at radius 1 is 1.19 bits per heavy atom. The molecule has 3 rings (SSSR count). The van der Waals surface area contributed by atoms with Crippen molar-refractivity contribution in [2.45, 2.75) is 26.3 Å². The molecule has 1 aromatic carbocycles. The van der Waals surface area contributed by atoms with E-state index in [0.29, 0.717) is 48.9 Å². The smallest absolute Gasteiger partial charge is 0.331 e. The molecule has 1 aromatic heterocycles. The average Bonchev–Trinajstić information content (AvgIpc) is 3.08. The number of piperidine rings is 1. The van der Waals surface area contributed by atoms with E-state index in [1.54, 1.807) is 22.6 Å². The second-order valence-corrected chi connectivity index (χ2v) is 7.91. The van der Waals surface area contributed by atoms with Gasteiger partial charge >= 0.3 is 11.9 Å². The molecule has 0 saturated carbocycles. The van der Waals surface area contributed by atoms with Crippen LogP contribution in [0, 0.1) is 12.8 Å². The van der Waals surface area contributed by atoms with Crippen molar-refractivity contribution in [3.8, 4) is 0 Å². The Hall–Kier alpha value is -3.13. The molecular weight excluding hydrogens is 434 g/mol. The number of amides is 1. The number of likely N-dealkylation sites (tertiary alicyclic amines) is 1. The topological polar surface area (TPSA) is 90.7 Å². The molecule has 1 amide bonds. The molecule has 32 heavy (non-hydrogen) atoms. The van der Waals surface area contributed by atoms with E-state index in [1.807, 2.05) is 30.3 Å². The second kappa shape index (κ2) is 10.9. The van der Waals surface area contributed by atoms with Crippen LogP contribution in [0.2, 0.25) is 5.15 Å². The van der Waals surface area contributed by atoms with E-state index in [2.05, 4.69) is 5.10 Å². The number of hydrogen-bond acceptors (Lipinski definition) is 6. The Balaban J connectivity index is 1.50. The first-order valence-electron chi connectivity index (χ1n) is 10.4. The number of hydrogen-bond donors (Lipinski definition) is 0. The van der Waals surface area contributed by atoms with E-state index in [-0.39, 0.29) is 24.4 Å². The molecule has 0 unspecified atom stereocenters. The maximum absolute atomic E-state index is 12.3. The summed E-state index contributed by atoms with van der Waals surface area (Å²) in [6, 6.07) is 9.79. The Bertz CT molecular complexity index is 995. The number of carbonyl (C=O) groups is 3. The van der Waals surface area contributed by atoms with Crippen LogP contribution in [0.3, 0.4) is 0 Å². The van der Waals surface area contributed by atoms with Crippen molar-refractivity contribution < 1.29 is 23.9 Å². The van der Waals surface area contributed by atoms with Crippen molar-refractivity contribution in [1.82, 2.24) is 14.7 Å². The van der Waals surface area contributed by atoms with Crippen LogP contribution in [0.25, 0.3) is 6.08 Å². The summed E-state index contributed by atoms with van der Waals surface area (Å²) in [5.41, 5.74) is 2.36. The van der Waals surface area contributed by atoms with Crippen LogP contribution >= 0.6 is 11.6 Å². The Labute approximate surface area is 191 Å². The van der Waals surface area contributed by atoms with Gasteiger partial charge in [-0.25, -0.2) is 9.48 Å². The van der Waals surface area contributed by atoms with Crippen molar-refractivity contribution in [2.24, 2.45) is 5.92 Å². The van der Waals surface area contributed by atoms with Crippen molar-refractivity contribution in [3.63, 3.8) is 0 Å². The standard InChI is InChI=1S/C23H26ClN3O5/c1-16-19(22(24)27(25-16)14-17-6-4-3-5-7-17)8-9-21(29)32-15-20(28)26-12-10-18(11-13-26)23(30)31-2/h3-9,18H,10-15H2,1-2H3/b9-8+. The number of aromatic nitrogens is 2. The van der Waals surface area contributed by atoms with Gasteiger partial charge in [-0.05, 0) is 31.4 Å². The third-order valence-electron chi connectivity index (χ3n) is 5.39. The highest BCUT2D eigenvalue weighted by Crippen LogP contribution is 2.22. The first-order chi connectivity index (χ1) is 15.4. The molecule has 0 atom stereocenters. The normalized spacial score (nSPS) is 14.5. The molecule has 0 spiro atoms. The van der Waals surface area contributed by atoms with Crippen LogP contribution in [-0.4, -0.2) is 59.3 Å². The molecule has 0 radical (unpaired) electrons. The van der Waals surface area contributed by atoms with Crippen LogP contribution < -0.4 is 0 Å². The first kappa shape index (κ1) is 23.5. The fourth-order valence-corrected chi connectivity index (χ4v) is 3.87. The van der Waals surface area contributed by atoms with E-state index in [9.17, 15) is 14.4 Å². The lowest BCUT2D eigenvalue weighted by Gasteiger charge is -2.30. The molecule has 1 saturated heterocycles. The fraction of sp³-hybridized carbons (Fsp3) is 0.391. The van der Waals surface area contributed by atoms with Crippen LogP contribution in [-0.2, 0) is 30.4 Å². The Morgan fingerprint density at radius 2 is 1.88 bits per heavy atom. The van der Waals surface area contributed by atoms with E-state index in [1.165, 1.54) is 13.2 Å². The summed E-state index contributed by atoms with van der Waals surface area (Å²) in [5, 5.41) is 4.85. The maximum atomic E-state index is 12.3. The van der Waals surface area contributed by atoms with Gasteiger partial charge in [-0.3, -0.25) is 9.59 Å². The number of ether oxygens (including phenoxy) is 2. The number of benzene rings is 1. The predicted molar refractivity (Wildman–Crippen MR) is 119 cm³/mol. The molecule has 2 aromatic rings. The van der Waals surface area contributed by atoms with Gasteiger partial charge in [0.15, 0.2) is 6.61 Å². The number of carbonyl (C=O) groups excluding carboxylic acids is 3. The lowest BCUT2D eigenvalue weighted by Crippen LogP contribution is -2.42. The van der Waals surface area contributed by atoms with E-state index >= 15 is 0 Å². The number of methoxy groups -OCH3 is 1. The minimum atomic E-state index is -0.644. The number of aryl methyl sites for hydroxylation is 1. The summed E-state index contributed by atoms with van der Waals surface area (Å²) in [4.78, 5) is 37.5.